The van der Waals surface area contributed by atoms with Crippen molar-refractivity contribution in [3.63, 3.8) is 0 Å². The monoisotopic (exact) mass is 286 g/mol. The number of rotatable bonds is 3. The second kappa shape index (κ2) is 5.29. The van der Waals surface area contributed by atoms with Crippen LogP contribution in [0.15, 0.2) is 52.9 Å². The van der Waals surface area contributed by atoms with E-state index >= 15 is 0 Å². The Balaban J connectivity index is 2.11. The molecule has 1 atom stereocenters. The zero-order valence-corrected chi connectivity index (χ0v) is 11.8. The first kappa shape index (κ1) is 13.2. The van der Waals surface area contributed by atoms with E-state index in [1.807, 2.05) is 55.5 Å². The number of nitrogens with one attached hydrogen (secondary N) is 1. The highest BCUT2D eigenvalue weighted by Gasteiger charge is 2.20. The molecule has 1 aromatic heterocycles. The molecule has 102 valence electrons. The maximum atomic E-state index is 6.38. The van der Waals surface area contributed by atoms with Gasteiger partial charge in [0.1, 0.15) is 17.4 Å². The SMILES string of the molecule is Cc1cccc(C(NN)c2cc3ccccc3o2)c1Cl. The fourth-order valence-electron chi connectivity index (χ4n) is 2.36. The fraction of sp³-hybridized carbons (Fsp3) is 0.125. The summed E-state index contributed by atoms with van der Waals surface area (Å²) in [4.78, 5) is 0. The van der Waals surface area contributed by atoms with Gasteiger partial charge < -0.3 is 4.42 Å². The lowest BCUT2D eigenvalue weighted by atomic mass is 10.0. The van der Waals surface area contributed by atoms with Crippen LogP contribution < -0.4 is 11.3 Å². The van der Waals surface area contributed by atoms with Gasteiger partial charge in [0.2, 0.25) is 0 Å². The molecule has 20 heavy (non-hydrogen) atoms. The van der Waals surface area contributed by atoms with Crippen molar-refractivity contribution in [2.45, 2.75) is 13.0 Å². The lowest BCUT2D eigenvalue weighted by Gasteiger charge is -2.16. The van der Waals surface area contributed by atoms with Crippen LogP contribution in [0.2, 0.25) is 5.02 Å². The molecule has 4 heteroatoms. The van der Waals surface area contributed by atoms with Gasteiger partial charge in [-0.25, -0.2) is 5.43 Å². The average molecular weight is 287 g/mol. The topological polar surface area (TPSA) is 51.2 Å². The Kier molecular flexibility index (Phi) is 3.49. The van der Waals surface area contributed by atoms with Crippen LogP contribution in [-0.4, -0.2) is 0 Å². The normalized spacial score (nSPS) is 12.8. The molecule has 0 fully saturated rings. The molecule has 0 saturated carbocycles. The Labute approximate surface area is 122 Å². The Morgan fingerprint density at radius 1 is 1.15 bits per heavy atom. The summed E-state index contributed by atoms with van der Waals surface area (Å²) in [6.45, 7) is 1.97. The quantitative estimate of drug-likeness (QED) is 0.566. The van der Waals surface area contributed by atoms with Gasteiger partial charge in [-0.1, -0.05) is 48.0 Å². The summed E-state index contributed by atoms with van der Waals surface area (Å²) in [6, 6.07) is 15.5. The first-order valence-electron chi connectivity index (χ1n) is 6.40. The number of aryl methyl sites for hydroxylation is 1. The predicted octanol–water partition coefficient (Wildman–Crippen LogP) is 3.95. The number of hydrogen-bond donors (Lipinski definition) is 2. The van der Waals surface area contributed by atoms with Crippen molar-refractivity contribution in [2.75, 3.05) is 0 Å². The molecule has 3 nitrogen and oxygen atoms in total. The van der Waals surface area contributed by atoms with E-state index in [2.05, 4.69) is 5.43 Å². The Morgan fingerprint density at radius 3 is 2.70 bits per heavy atom. The number of hydrogen-bond acceptors (Lipinski definition) is 3. The number of hydrazine groups is 1. The molecule has 0 amide bonds. The van der Waals surface area contributed by atoms with Gasteiger partial charge in [-0.3, -0.25) is 5.84 Å². The summed E-state index contributed by atoms with van der Waals surface area (Å²) < 4.78 is 5.87. The van der Waals surface area contributed by atoms with Crippen LogP contribution in [0.5, 0.6) is 0 Å². The van der Waals surface area contributed by atoms with Gasteiger partial charge in [0.15, 0.2) is 0 Å². The van der Waals surface area contributed by atoms with Crippen LogP contribution >= 0.6 is 11.6 Å². The first-order chi connectivity index (χ1) is 9.70. The molecular weight excluding hydrogens is 272 g/mol. The lowest BCUT2D eigenvalue weighted by molar-refractivity contribution is 0.477. The van der Waals surface area contributed by atoms with Gasteiger partial charge in [-0.15, -0.1) is 0 Å². The number of halogens is 1. The molecule has 0 bridgehead atoms. The molecule has 2 aromatic carbocycles. The number of nitrogens with two attached hydrogens (primary N) is 1. The van der Waals surface area contributed by atoms with Crippen molar-refractivity contribution in [2.24, 2.45) is 5.84 Å². The molecule has 0 aliphatic heterocycles. The van der Waals surface area contributed by atoms with Gasteiger partial charge in [-0.2, -0.15) is 0 Å². The summed E-state index contributed by atoms with van der Waals surface area (Å²) in [5.41, 5.74) is 5.55. The van der Waals surface area contributed by atoms with Crippen molar-refractivity contribution in [3.8, 4) is 0 Å². The predicted molar refractivity (Wildman–Crippen MR) is 81.6 cm³/mol. The Bertz CT molecular complexity index is 718. The van der Waals surface area contributed by atoms with Gasteiger partial charge in [-0.05, 0) is 30.2 Å². The molecule has 0 radical (unpaired) electrons. The van der Waals surface area contributed by atoms with Gasteiger partial charge in [0.25, 0.3) is 0 Å². The minimum Gasteiger partial charge on any atom is -0.459 e. The number of para-hydroxylation sites is 1. The number of benzene rings is 2. The van der Waals surface area contributed by atoms with Crippen molar-refractivity contribution >= 4 is 22.6 Å². The zero-order chi connectivity index (χ0) is 14.1. The van der Waals surface area contributed by atoms with E-state index in [1.54, 1.807) is 0 Å². The van der Waals surface area contributed by atoms with Gasteiger partial charge in [0.05, 0.1) is 0 Å². The summed E-state index contributed by atoms with van der Waals surface area (Å²) in [7, 11) is 0. The van der Waals surface area contributed by atoms with E-state index in [0.717, 1.165) is 27.9 Å². The molecule has 0 aliphatic carbocycles. The van der Waals surface area contributed by atoms with Crippen LogP contribution in [0.25, 0.3) is 11.0 Å². The third kappa shape index (κ3) is 2.20. The van der Waals surface area contributed by atoms with E-state index in [9.17, 15) is 0 Å². The number of furan rings is 1. The second-order valence-electron chi connectivity index (χ2n) is 4.76. The molecular formula is C16H15ClN2O. The minimum absolute atomic E-state index is 0.269. The average Bonchev–Trinajstić information content (AvgIpc) is 2.87. The van der Waals surface area contributed by atoms with E-state index in [0.29, 0.717) is 5.02 Å². The largest absolute Gasteiger partial charge is 0.459 e. The second-order valence-corrected chi connectivity index (χ2v) is 5.14. The Hall–Kier alpha value is -1.81. The minimum atomic E-state index is -0.269. The lowest BCUT2D eigenvalue weighted by Crippen LogP contribution is -2.28. The summed E-state index contributed by atoms with van der Waals surface area (Å²) in [5, 5.41) is 1.75. The molecule has 1 heterocycles. The van der Waals surface area contributed by atoms with Crippen LogP contribution in [0.1, 0.15) is 22.9 Å². The van der Waals surface area contributed by atoms with E-state index < -0.39 is 0 Å². The van der Waals surface area contributed by atoms with Crippen molar-refractivity contribution in [3.05, 3.63) is 70.4 Å². The standard InChI is InChI=1S/C16H15ClN2O/c1-10-5-4-7-12(15(10)17)16(19-18)14-9-11-6-2-3-8-13(11)20-14/h2-9,16,19H,18H2,1H3. The van der Waals surface area contributed by atoms with Crippen LogP contribution in [0.3, 0.4) is 0 Å². The fourth-order valence-corrected chi connectivity index (χ4v) is 2.60. The van der Waals surface area contributed by atoms with Gasteiger partial charge in [0, 0.05) is 10.4 Å². The molecule has 1 unspecified atom stereocenters. The maximum absolute atomic E-state index is 6.38. The first-order valence-corrected chi connectivity index (χ1v) is 6.78. The van der Waals surface area contributed by atoms with E-state index in [1.165, 1.54) is 0 Å². The third-order valence-corrected chi connectivity index (χ3v) is 3.94. The summed E-state index contributed by atoms with van der Waals surface area (Å²) >= 11 is 6.38. The molecule has 0 aliphatic rings. The summed E-state index contributed by atoms with van der Waals surface area (Å²) in [6.07, 6.45) is 0. The van der Waals surface area contributed by atoms with E-state index in [-0.39, 0.29) is 6.04 Å². The van der Waals surface area contributed by atoms with E-state index in [4.69, 9.17) is 21.9 Å². The highest BCUT2D eigenvalue weighted by atomic mass is 35.5. The molecule has 3 aromatic rings. The van der Waals surface area contributed by atoms with Crippen molar-refractivity contribution < 1.29 is 4.42 Å². The van der Waals surface area contributed by atoms with Crippen LogP contribution in [0, 0.1) is 6.92 Å². The molecule has 3 N–H and O–H groups in total. The van der Waals surface area contributed by atoms with Crippen molar-refractivity contribution in [1.29, 1.82) is 0 Å². The highest BCUT2D eigenvalue weighted by molar-refractivity contribution is 6.32. The van der Waals surface area contributed by atoms with Crippen LogP contribution in [0.4, 0.5) is 0 Å². The summed E-state index contributed by atoms with van der Waals surface area (Å²) in [5.74, 6) is 6.46. The van der Waals surface area contributed by atoms with Crippen molar-refractivity contribution in [1.82, 2.24) is 5.43 Å². The van der Waals surface area contributed by atoms with Crippen LogP contribution in [-0.2, 0) is 0 Å². The highest BCUT2D eigenvalue weighted by Crippen LogP contribution is 2.32. The third-order valence-electron chi connectivity index (χ3n) is 3.43. The molecule has 0 saturated heterocycles. The van der Waals surface area contributed by atoms with Gasteiger partial charge >= 0.3 is 0 Å². The molecule has 3 rings (SSSR count). The maximum Gasteiger partial charge on any atom is 0.134 e. The molecule has 0 spiro atoms. The smallest absolute Gasteiger partial charge is 0.134 e. The number of fused-ring (bicyclic) bond motifs is 1. The zero-order valence-electron chi connectivity index (χ0n) is 11.1. The Morgan fingerprint density at radius 2 is 1.95 bits per heavy atom.